The van der Waals surface area contributed by atoms with E-state index in [-0.39, 0.29) is 37.7 Å². The molecule has 1 saturated heterocycles. The molecule has 1 amide bonds. The smallest absolute Gasteiger partial charge is 0.259 e. The molecular weight excluding hydrogens is 784 g/mol. The predicted octanol–water partition coefficient (Wildman–Crippen LogP) is 8.30. The molecule has 3 aromatic carbocycles. The minimum atomic E-state index is -1.65. The lowest BCUT2D eigenvalue weighted by Gasteiger charge is -2.39. The van der Waals surface area contributed by atoms with Gasteiger partial charge in [-0.15, -0.1) is 0 Å². The summed E-state index contributed by atoms with van der Waals surface area (Å²) in [6.45, 7) is 9.27. The zero-order valence-corrected chi connectivity index (χ0v) is 35.8. The Morgan fingerprint density at radius 3 is 2.22 bits per heavy atom. The van der Waals surface area contributed by atoms with Gasteiger partial charge in [-0.1, -0.05) is 54.6 Å². The molecule has 0 radical (unpaired) electrons. The van der Waals surface area contributed by atoms with E-state index in [2.05, 4.69) is 67.1 Å². The predicted molar refractivity (Wildman–Crippen MR) is 228 cm³/mol. The van der Waals surface area contributed by atoms with Crippen LogP contribution in [0, 0.1) is 11.3 Å². The van der Waals surface area contributed by atoms with Crippen molar-refractivity contribution >= 4 is 31.9 Å². The Kier molecular flexibility index (Phi) is 14.0. The second-order valence-electron chi connectivity index (χ2n) is 15.2. The highest BCUT2D eigenvalue weighted by molar-refractivity contribution is 7.44. The van der Waals surface area contributed by atoms with Crippen molar-refractivity contribution in [1.82, 2.24) is 19.2 Å². The molecule has 14 nitrogen and oxygen atoms in total. The number of carbonyl (C=O) groups is 1. The molecule has 0 spiro atoms. The van der Waals surface area contributed by atoms with E-state index in [1.807, 2.05) is 71.3 Å². The van der Waals surface area contributed by atoms with E-state index in [0.717, 1.165) is 52.0 Å². The Morgan fingerprint density at radius 1 is 0.967 bits per heavy atom. The van der Waals surface area contributed by atoms with Gasteiger partial charge in [0.15, 0.2) is 5.65 Å². The summed E-state index contributed by atoms with van der Waals surface area (Å²) in [5.41, 5.74) is 3.19. The maximum absolute atomic E-state index is 11.6. The Bertz CT molecular complexity index is 2180. The van der Waals surface area contributed by atoms with Crippen molar-refractivity contribution in [1.29, 1.82) is 5.26 Å². The summed E-state index contributed by atoms with van der Waals surface area (Å²) in [4.78, 5) is 20.8. The van der Waals surface area contributed by atoms with Gasteiger partial charge in [-0.3, -0.25) is 10.1 Å². The molecule has 316 valence electrons. The van der Waals surface area contributed by atoms with Crippen molar-refractivity contribution in [2.45, 2.75) is 89.5 Å². The SMILES string of the molecule is COc1ccc(C(OC[C@H]2O[C@@H](n3cc4c5c(nc(NC=O)nc53)OCCC4)C[C@@H]2OP(OCCC#N)N(C(C)C)C(C)C)(c2ccccc2)c2ccc(OC)cc2)cc1. The van der Waals surface area contributed by atoms with Gasteiger partial charge in [-0.05, 0) is 87.1 Å². The van der Waals surface area contributed by atoms with Crippen LogP contribution in [0.2, 0.25) is 0 Å². The molecule has 15 heteroatoms. The topological polar surface area (TPSA) is 151 Å². The molecule has 2 aliphatic heterocycles. The Hall–Kier alpha value is -5.13. The third-order valence-electron chi connectivity index (χ3n) is 10.8. The molecule has 0 bridgehead atoms. The number of nitrogens with zero attached hydrogens (tertiary/aromatic N) is 5. The zero-order valence-electron chi connectivity index (χ0n) is 34.9. The first kappa shape index (κ1) is 43.0. The molecule has 4 heterocycles. The van der Waals surface area contributed by atoms with Crippen LogP contribution in [-0.2, 0) is 35.3 Å². The highest BCUT2D eigenvalue weighted by Crippen LogP contribution is 2.51. The lowest BCUT2D eigenvalue weighted by atomic mass is 9.80. The Balaban J connectivity index is 1.33. The monoisotopic (exact) mass is 836 g/mol. The van der Waals surface area contributed by atoms with Crippen LogP contribution < -0.4 is 19.5 Å². The van der Waals surface area contributed by atoms with E-state index < -0.39 is 32.6 Å². The second kappa shape index (κ2) is 19.5. The van der Waals surface area contributed by atoms with Crippen LogP contribution in [0.1, 0.15) is 75.4 Å². The molecule has 0 saturated carbocycles. The first-order valence-corrected chi connectivity index (χ1v) is 21.5. The summed E-state index contributed by atoms with van der Waals surface area (Å²) in [5.74, 6) is 2.00. The van der Waals surface area contributed by atoms with E-state index in [1.165, 1.54) is 0 Å². The summed E-state index contributed by atoms with van der Waals surface area (Å²) < 4.78 is 49.4. The number of methoxy groups -OCH3 is 2. The number of amides is 1. The van der Waals surface area contributed by atoms with Gasteiger partial charge in [-0.25, -0.2) is 4.67 Å². The number of aryl methyl sites for hydroxylation is 1. The Labute approximate surface area is 352 Å². The van der Waals surface area contributed by atoms with Gasteiger partial charge < -0.3 is 37.3 Å². The highest BCUT2D eigenvalue weighted by atomic mass is 31.2. The van der Waals surface area contributed by atoms with Gasteiger partial charge in [-0.2, -0.15) is 15.2 Å². The summed E-state index contributed by atoms with van der Waals surface area (Å²) in [5, 5.41) is 12.8. The van der Waals surface area contributed by atoms with Crippen LogP contribution in [0.25, 0.3) is 11.0 Å². The number of benzene rings is 3. The molecule has 1 fully saturated rings. The third kappa shape index (κ3) is 8.98. The number of hydrogen-bond acceptors (Lipinski definition) is 12. The van der Waals surface area contributed by atoms with Gasteiger partial charge >= 0.3 is 0 Å². The van der Waals surface area contributed by atoms with Gasteiger partial charge in [0.25, 0.3) is 8.53 Å². The molecular formula is C45H53N6O8P. The molecule has 4 atom stereocenters. The number of carbonyl (C=O) groups excluding carboxylic acids is 1. The third-order valence-corrected chi connectivity index (χ3v) is 12.9. The fourth-order valence-corrected chi connectivity index (χ4v) is 9.83. The number of anilines is 1. The Morgan fingerprint density at radius 2 is 1.62 bits per heavy atom. The quantitative estimate of drug-likeness (QED) is 0.0369. The number of rotatable bonds is 19. The van der Waals surface area contributed by atoms with Crippen molar-refractivity contribution in [3.8, 4) is 23.4 Å². The van der Waals surface area contributed by atoms with E-state index in [1.54, 1.807) is 14.2 Å². The van der Waals surface area contributed by atoms with Crippen LogP contribution in [0.3, 0.4) is 0 Å². The fourth-order valence-electron chi connectivity index (χ4n) is 8.08. The van der Waals surface area contributed by atoms with Crippen molar-refractivity contribution in [2.75, 3.05) is 39.4 Å². The second-order valence-corrected chi connectivity index (χ2v) is 16.6. The summed E-state index contributed by atoms with van der Waals surface area (Å²) in [6, 6.07) is 28.3. The van der Waals surface area contributed by atoms with Gasteiger partial charge in [0, 0.05) is 24.7 Å². The summed E-state index contributed by atoms with van der Waals surface area (Å²) in [6.07, 6.45) is 3.12. The summed E-state index contributed by atoms with van der Waals surface area (Å²) in [7, 11) is 1.65. The van der Waals surface area contributed by atoms with Gasteiger partial charge in [0.05, 0.1) is 58.0 Å². The first-order valence-electron chi connectivity index (χ1n) is 20.3. The van der Waals surface area contributed by atoms with Crippen molar-refractivity contribution in [3.05, 3.63) is 107 Å². The molecule has 7 rings (SSSR count). The number of nitrogens with one attached hydrogen (secondary N) is 1. The van der Waals surface area contributed by atoms with Gasteiger partial charge in [0.2, 0.25) is 18.2 Å². The standard InChI is InChI=1S/C45H53N6O8P/c1-30(2)51(31(3)4)60(57-25-11-23-46)59-38-26-40(50-27-32-12-10-24-55-43-41(32)42(50)48-44(49-43)47-29-52)58-39(38)28-56-45(33-13-8-7-9-14-33,34-15-19-36(53-5)20-16-34)35-17-21-37(54-6)22-18-35/h7-9,13-22,27,29-31,38-40H,10-12,24-26,28H2,1-6H3,(H,47,48,49,52)/t38-,39+,40+,60?/m0/s1. The van der Waals surface area contributed by atoms with Crippen molar-refractivity contribution in [3.63, 3.8) is 0 Å². The first-order chi connectivity index (χ1) is 29.2. The van der Waals surface area contributed by atoms with Crippen LogP contribution in [0.5, 0.6) is 17.4 Å². The van der Waals surface area contributed by atoms with Gasteiger partial charge in [0.1, 0.15) is 29.4 Å². The van der Waals surface area contributed by atoms with Crippen molar-refractivity contribution < 1.29 is 37.5 Å². The van der Waals surface area contributed by atoms with Crippen LogP contribution in [0.4, 0.5) is 5.95 Å². The van der Waals surface area contributed by atoms with E-state index in [0.29, 0.717) is 31.0 Å². The average Bonchev–Trinajstić information content (AvgIpc) is 3.76. The number of ether oxygens (including phenoxy) is 5. The number of nitriles is 1. The van der Waals surface area contributed by atoms with E-state index in [9.17, 15) is 10.1 Å². The minimum absolute atomic E-state index is 0.0854. The number of hydrogen-bond donors (Lipinski definition) is 1. The van der Waals surface area contributed by atoms with E-state index >= 15 is 0 Å². The highest BCUT2D eigenvalue weighted by Gasteiger charge is 2.45. The fraction of sp³-hybridized carbons (Fsp3) is 0.422. The molecule has 1 unspecified atom stereocenters. The molecule has 0 aliphatic carbocycles. The zero-order chi connectivity index (χ0) is 42.2. The lowest BCUT2D eigenvalue weighted by molar-refractivity contribution is -0.105. The molecule has 2 aromatic heterocycles. The lowest BCUT2D eigenvalue weighted by Crippen LogP contribution is -2.39. The van der Waals surface area contributed by atoms with Crippen molar-refractivity contribution in [2.24, 2.45) is 0 Å². The molecule has 5 aromatic rings. The number of aromatic nitrogens is 3. The minimum Gasteiger partial charge on any atom is -0.497 e. The van der Waals surface area contributed by atoms with E-state index in [4.69, 9.17) is 37.7 Å². The normalized spacial score (nSPS) is 18.3. The largest absolute Gasteiger partial charge is 0.497 e. The molecule has 1 N–H and O–H groups in total. The maximum Gasteiger partial charge on any atom is 0.259 e. The molecule has 2 aliphatic rings. The summed E-state index contributed by atoms with van der Waals surface area (Å²) >= 11 is 0. The van der Waals surface area contributed by atoms with Crippen LogP contribution in [-0.4, -0.2) is 83.9 Å². The van der Waals surface area contributed by atoms with Crippen LogP contribution in [0.15, 0.2) is 85.1 Å². The molecule has 60 heavy (non-hydrogen) atoms. The van der Waals surface area contributed by atoms with Crippen LogP contribution >= 0.6 is 8.53 Å². The average molecular weight is 837 g/mol. The maximum atomic E-state index is 11.6.